The Morgan fingerprint density at radius 3 is 2.78 bits per heavy atom. The Balaban J connectivity index is 2.01. The number of hydrogen-bond donors (Lipinski definition) is 1. The lowest BCUT2D eigenvalue weighted by Gasteiger charge is -2.19. The molecule has 0 amide bonds. The van der Waals surface area contributed by atoms with Gasteiger partial charge in [0.05, 0.1) is 13.4 Å². The minimum absolute atomic E-state index is 0.107. The topological polar surface area (TPSA) is 50.8 Å². The second-order valence-corrected chi connectivity index (χ2v) is 5.80. The minimum atomic E-state index is 0.107. The number of halogens is 1. The molecular formula is C18H18ClN3O. The summed E-state index contributed by atoms with van der Waals surface area (Å²) in [5.41, 5.74) is 4.26. The number of nitrogens with zero attached hydrogens (tertiary/aromatic N) is 2. The normalized spacial score (nSPS) is 12.1. The third-order valence-electron chi connectivity index (χ3n) is 3.98. The van der Waals surface area contributed by atoms with E-state index in [2.05, 4.69) is 21.0 Å². The lowest BCUT2D eigenvalue weighted by atomic mass is 9.88. The van der Waals surface area contributed by atoms with Crippen LogP contribution in [-0.4, -0.2) is 22.1 Å². The fourth-order valence-electron chi connectivity index (χ4n) is 2.74. The van der Waals surface area contributed by atoms with Gasteiger partial charge in [-0.1, -0.05) is 29.8 Å². The van der Waals surface area contributed by atoms with Crippen molar-refractivity contribution in [3.63, 3.8) is 0 Å². The molecule has 23 heavy (non-hydrogen) atoms. The summed E-state index contributed by atoms with van der Waals surface area (Å²) in [7, 11) is 1.62. The van der Waals surface area contributed by atoms with Crippen LogP contribution in [0.3, 0.4) is 0 Å². The van der Waals surface area contributed by atoms with E-state index in [1.807, 2.05) is 43.5 Å². The summed E-state index contributed by atoms with van der Waals surface area (Å²) in [6, 6.07) is 11.8. The van der Waals surface area contributed by atoms with Crippen LogP contribution in [0.4, 0.5) is 0 Å². The molecule has 5 heteroatoms. The van der Waals surface area contributed by atoms with E-state index in [-0.39, 0.29) is 5.92 Å². The van der Waals surface area contributed by atoms with E-state index in [9.17, 15) is 0 Å². The van der Waals surface area contributed by atoms with E-state index in [1.54, 1.807) is 13.4 Å². The van der Waals surface area contributed by atoms with Crippen molar-refractivity contribution in [1.82, 2.24) is 15.0 Å². The molecule has 1 N–H and O–H groups in total. The fraction of sp³-hybridized carbons (Fsp3) is 0.222. The SMILES string of the molecule is COc1cccc(C[C@@H](c2cnc[nH]2)c2cccc(Cl)c2C)n1. The monoisotopic (exact) mass is 327 g/mol. The minimum Gasteiger partial charge on any atom is -0.481 e. The number of benzene rings is 1. The summed E-state index contributed by atoms with van der Waals surface area (Å²) in [4.78, 5) is 11.9. The van der Waals surface area contributed by atoms with Crippen LogP contribution < -0.4 is 4.74 Å². The zero-order chi connectivity index (χ0) is 16.2. The highest BCUT2D eigenvalue weighted by Gasteiger charge is 2.20. The van der Waals surface area contributed by atoms with E-state index in [1.165, 1.54) is 5.56 Å². The predicted molar refractivity (Wildman–Crippen MR) is 91.1 cm³/mol. The fourth-order valence-corrected chi connectivity index (χ4v) is 2.92. The van der Waals surface area contributed by atoms with E-state index >= 15 is 0 Å². The number of imidazole rings is 1. The van der Waals surface area contributed by atoms with Crippen molar-refractivity contribution in [3.8, 4) is 5.88 Å². The third-order valence-corrected chi connectivity index (χ3v) is 4.39. The Bertz CT molecular complexity index is 787. The number of nitrogens with one attached hydrogen (secondary N) is 1. The van der Waals surface area contributed by atoms with Crippen LogP contribution in [0, 0.1) is 6.92 Å². The standard InChI is InChI=1S/C18H18ClN3O/c1-12-14(6-4-7-16(12)19)15(17-10-20-11-21-17)9-13-5-3-8-18(22-13)23-2/h3-8,10-11,15H,9H2,1-2H3,(H,20,21)/t15-/m1/s1. The number of H-pyrrole nitrogens is 1. The van der Waals surface area contributed by atoms with Gasteiger partial charge in [-0.05, 0) is 30.2 Å². The van der Waals surface area contributed by atoms with Gasteiger partial charge in [-0.2, -0.15) is 0 Å². The summed E-state index contributed by atoms with van der Waals surface area (Å²) in [6.45, 7) is 2.04. The number of aromatic nitrogens is 3. The van der Waals surface area contributed by atoms with E-state index in [0.29, 0.717) is 5.88 Å². The molecule has 1 aromatic carbocycles. The van der Waals surface area contributed by atoms with Crippen molar-refractivity contribution < 1.29 is 4.74 Å². The highest BCUT2D eigenvalue weighted by molar-refractivity contribution is 6.31. The van der Waals surface area contributed by atoms with Crippen LogP contribution in [0.5, 0.6) is 5.88 Å². The summed E-state index contributed by atoms with van der Waals surface area (Å²) in [5, 5.41) is 0.769. The van der Waals surface area contributed by atoms with Crippen LogP contribution in [-0.2, 0) is 6.42 Å². The molecule has 0 radical (unpaired) electrons. The van der Waals surface area contributed by atoms with Gasteiger partial charge in [-0.3, -0.25) is 0 Å². The molecule has 3 aromatic rings. The molecule has 0 unspecified atom stereocenters. The van der Waals surface area contributed by atoms with Gasteiger partial charge in [0, 0.05) is 41.0 Å². The summed E-state index contributed by atoms with van der Waals surface area (Å²) >= 11 is 6.31. The second kappa shape index (κ2) is 6.84. The summed E-state index contributed by atoms with van der Waals surface area (Å²) < 4.78 is 5.22. The van der Waals surface area contributed by atoms with Crippen LogP contribution in [0.15, 0.2) is 48.9 Å². The average molecular weight is 328 g/mol. The molecular weight excluding hydrogens is 310 g/mol. The van der Waals surface area contributed by atoms with Crippen molar-refractivity contribution in [2.24, 2.45) is 0 Å². The molecule has 0 fully saturated rings. The van der Waals surface area contributed by atoms with Gasteiger partial charge in [0.15, 0.2) is 0 Å². The van der Waals surface area contributed by atoms with Gasteiger partial charge in [0.1, 0.15) is 0 Å². The Hall–Kier alpha value is -2.33. The van der Waals surface area contributed by atoms with Crippen molar-refractivity contribution in [2.45, 2.75) is 19.3 Å². The van der Waals surface area contributed by atoms with Crippen molar-refractivity contribution >= 4 is 11.6 Å². The average Bonchev–Trinajstić information content (AvgIpc) is 3.10. The summed E-state index contributed by atoms with van der Waals surface area (Å²) in [6.07, 6.45) is 4.28. The first kappa shape index (κ1) is 15.6. The van der Waals surface area contributed by atoms with Crippen molar-refractivity contribution in [1.29, 1.82) is 0 Å². The summed E-state index contributed by atoms with van der Waals surface area (Å²) in [5.74, 6) is 0.726. The molecule has 1 atom stereocenters. The van der Waals surface area contributed by atoms with E-state index in [0.717, 1.165) is 28.4 Å². The Morgan fingerprint density at radius 1 is 1.22 bits per heavy atom. The smallest absolute Gasteiger partial charge is 0.213 e. The molecule has 2 heterocycles. The molecule has 2 aromatic heterocycles. The largest absolute Gasteiger partial charge is 0.481 e. The van der Waals surface area contributed by atoms with E-state index in [4.69, 9.17) is 16.3 Å². The number of methoxy groups -OCH3 is 1. The number of hydrogen-bond acceptors (Lipinski definition) is 3. The number of aromatic amines is 1. The first-order valence-electron chi connectivity index (χ1n) is 7.42. The molecule has 0 bridgehead atoms. The van der Waals surface area contributed by atoms with Gasteiger partial charge in [0.25, 0.3) is 0 Å². The number of ether oxygens (including phenoxy) is 1. The van der Waals surface area contributed by atoms with Crippen LogP contribution >= 0.6 is 11.6 Å². The molecule has 0 aliphatic carbocycles. The highest BCUT2D eigenvalue weighted by atomic mass is 35.5. The van der Waals surface area contributed by atoms with Gasteiger partial charge in [-0.25, -0.2) is 9.97 Å². The zero-order valence-corrected chi connectivity index (χ0v) is 13.8. The lowest BCUT2D eigenvalue weighted by molar-refractivity contribution is 0.396. The van der Waals surface area contributed by atoms with Crippen LogP contribution in [0.1, 0.15) is 28.4 Å². The zero-order valence-electron chi connectivity index (χ0n) is 13.1. The van der Waals surface area contributed by atoms with Gasteiger partial charge in [0.2, 0.25) is 5.88 Å². The van der Waals surface area contributed by atoms with Gasteiger partial charge in [-0.15, -0.1) is 0 Å². The first-order chi connectivity index (χ1) is 11.2. The highest BCUT2D eigenvalue weighted by Crippen LogP contribution is 2.32. The molecule has 0 saturated heterocycles. The van der Waals surface area contributed by atoms with Gasteiger partial charge >= 0.3 is 0 Å². The Kier molecular flexibility index (Phi) is 4.63. The third kappa shape index (κ3) is 3.37. The Morgan fingerprint density at radius 2 is 2.04 bits per heavy atom. The van der Waals surface area contributed by atoms with E-state index < -0.39 is 0 Å². The maximum Gasteiger partial charge on any atom is 0.213 e. The first-order valence-corrected chi connectivity index (χ1v) is 7.80. The van der Waals surface area contributed by atoms with Gasteiger partial charge < -0.3 is 9.72 Å². The number of pyridine rings is 1. The Labute approximate surface area is 140 Å². The molecule has 0 aliphatic heterocycles. The maximum atomic E-state index is 6.31. The molecule has 0 aliphatic rings. The second-order valence-electron chi connectivity index (χ2n) is 5.39. The van der Waals surface area contributed by atoms with Crippen LogP contribution in [0.2, 0.25) is 5.02 Å². The quantitative estimate of drug-likeness (QED) is 0.766. The van der Waals surface area contributed by atoms with Crippen molar-refractivity contribution in [2.75, 3.05) is 7.11 Å². The van der Waals surface area contributed by atoms with Crippen molar-refractivity contribution in [3.05, 3.63) is 76.5 Å². The van der Waals surface area contributed by atoms with Crippen LogP contribution in [0.25, 0.3) is 0 Å². The molecule has 0 spiro atoms. The molecule has 0 saturated carbocycles. The lowest BCUT2D eigenvalue weighted by Crippen LogP contribution is -2.09. The molecule has 3 rings (SSSR count). The molecule has 4 nitrogen and oxygen atoms in total. The maximum absolute atomic E-state index is 6.31. The molecule has 118 valence electrons. The number of rotatable bonds is 5. The predicted octanol–water partition coefficient (Wildman–Crippen LogP) is 4.15.